The average Bonchev–Trinajstić information content (AvgIpc) is 2.71. The van der Waals surface area contributed by atoms with E-state index < -0.39 is 0 Å². The smallest absolute Gasteiger partial charge is 0.310 e. The number of aromatic nitrogens is 4. The SMILES string of the molecule is Cc1cc(CNC(C)C)cnc1Sc1n[nH]c(=O)n1C. The van der Waals surface area contributed by atoms with Gasteiger partial charge in [-0.2, -0.15) is 0 Å². The monoisotopic (exact) mass is 293 g/mol. The summed E-state index contributed by atoms with van der Waals surface area (Å²) in [6.45, 7) is 7.04. The molecule has 2 rings (SSSR count). The molecule has 0 aromatic carbocycles. The van der Waals surface area contributed by atoms with Crippen LogP contribution in [0.5, 0.6) is 0 Å². The standard InChI is InChI=1S/C13H19N5OS/c1-8(2)14-6-10-5-9(3)11(15-7-10)20-13-17-16-12(19)18(13)4/h5,7-8,14H,6H2,1-4H3,(H,16,19). The lowest BCUT2D eigenvalue weighted by atomic mass is 10.2. The molecule has 0 amide bonds. The number of nitrogens with one attached hydrogen (secondary N) is 2. The minimum absolute atomic E-state index is 0.220. The molecule has 2 aromatic heterocycles. The fourth-order valence-electron chi connectivity index (χ4n) is 1.66. The number of pyridine rings is 1. The van der Waals surface area contributed by atoms with E-state index in [9.17, 15) is 4.79 Å². The van der Waals surface area contributed by atoms with Crippen LogP contribution in [0.2, 0.25) is 0 Å². The zero-order valence-electron chi connectivity index (χ0n) is 12.1. The van der Waals surface area contributed by atoms with Crippen molar-refractivity contribution in [2.45, 2.75) is 43.5 Å². The van der Waals surface area contributed by atoms with Crippen molar-refractivity contribution in [2.75, 3.05) is 0 Å². The number of hydrogen-bond donors (Lipinski definition) is 2. The molecule has 0 aliphatic carbocycles. The molecule has 2 N–H and O–H groups in total. The van der Waals surface area contributed by atoms with Crippen molar-refractivity contribution in [3.05, 3.63) is 33.9 Å². The fraction of sp³-hybridized carbons (Fsp3) is 0.462. The van der Waals surface area contributed by atoms with Gasteiger partial charge in [0.15, 0.2) is 5.16 Å². The molecule has 2 aromatic rings. The Balaban J connectivity index is 2.13. The first-order chi connectivity index (χ1) is 9.47. The van der Waals surface area contributed by atoms with Gasteiger partial charge in [0, 0.05) is 25.8 Å². The number of hydrogen-bond acceptors (Lipinski definition) is 5. The van der Waals surface area contributed by atoms with E-state index in [-0.39, 0.29) is 5.69 Å². The Bertz CT molecular complexity index is 646. The molecule has 0 spiro atoms. The lowest BCUT2D eigenvalue weighted by Gasteiger charge is -2.10. The van der Waals surface area contributed by atoms with Crippen molar-refractivity contribution >= 4 is 11.8 Å². The van der Waals surface area contributed by atoms with Crippen LogP contribution in [0.1, 0.15) is 25.0 Å². The molecule has 0 bridgehead atoms. The Morgan fingerprint density at radius 2 is 2.25 bits per heavy atom. The zero-order chi connectivity index (χ0) is 14.7. The maximum Gasteiger partial charge on any atom is 0.343 e. The summed E-state index contributed by atoms with van der Waals surface area (Å²) in [5.74, 6) is 0. The van der Waals surface area contributed by atoms with Crippen molar-refractivity contribution in [3.63, 3.8) is 0 Å². The summed E-state index contributed by atoms with van der Waals surface area (Å²) in [7, 11) is 1.68. The van der Waals surface area contributed by atoms with Crippen LogP contribution in [0.4, 0.5) is 0 Å². The first-order valence-electron chi connectivity index (χ1n) is 6.45. The van der Waals surface area contributed by atoms with Gasteiger partial charge >= 0.3 is 5.69 Å². The van der Waals surface area contributed by atoms with Crippen LogP contribution in [-0.2, 0) is 13.6 Å². The van der Waals surface area contributed by atoms with Crippen LogP contribution in [0.3, 0.4) is 0 Å². The number of aryl methyl sites for hydroxylation is 1. The summed E-state index contributed by atoms with van der Waals surface area (Å²) in [6.07, 6.45) is 1.86. The van der Waals surface area contributed by atoms with E-state index in [1.54, 1.807) is 7.05 Å². The van der Waals surface area contributed by atoms with Gasteiger partial charge in [-0.25, -0.2) is 14.9 Å². The van der Waals surface area contributed by atoms with Gasteiger partial charge in [0.05, 0.1) is 0 Å². The highest BCUT2D eigenvalue weighted by Gasteiger charge is 2.10. The molecule has 108 valence electrons. The minimum Gasteiger partial charge on any atom is -0.310 e. The molecule has 7 heteroatoms. The molecule has 0 aliphatic rings. The van der Waals surface area contributed by atoms with Crippen LogP contribution in [-0.4, -0.2) is 25.8 Å². The van der Waals surface area contributed by atoms with E-state index in [0.717, 1.165) is 22.7 Å². The summed E-state index contributed by atoms with van der Waals surface area (Å²) in [5.41, 5.74) is 2.01. The zero-order valence-corrected chi connectivity index (χ0v) is 12.9. The van der Waals surface area contributed by atoms with Crippen LogP contribution in [0.15, 0.2) is 27.2 Å². The summed E-state index contributed by atoms with van der Waals surface area (Å²) in [5, 5.41) is 11.2. The Labute approximate surface area is 122 Å². The van der Waals surface area contributed by atoms with Gasteiger partial charge in [-0.05, 0) is 29.8 Å². The molecular formula is C13H19N5OS. The first-order valence-corrected chi connectivity index (χ1v) is 7.27. The molecule has 0 radical (unpaired) electrons. The average molecular weight is 293 g/mol. The predicted molar refractivity (Wildman–Crippen MR) is 78.9 cm³/mol. The number of rotatable bonds is 5. The summed E-state index contributed by atoms with van der Waals surface area (Å²) in [6, 6.07) is 2.55. The topological polar surface area (TPSA) is 75.6 Å². The molecule has 0 aliphatic heterocycles. The van der Waals surface area contributed by atoms with Gasteiger partial charge in [-0.15, -0.1) is 5.10 Å². The lowest BCUT2D eigenvalue weighted by molar-refractivity contribution is 0.587. The number of H-pyrrole nitrogens is 1. The van der Waals surface area contributed by atoms with Gasteiger partial charge in [0.25, 0.3) is 0 Å². The Kier molecular flexibility index (Phi) is 4.61. The van der Waals surface area contributed by atoms with Crippen LogP contribution < -0.4 is 11.0 Å². The Morgan fingerprint density at radius 3 is 2.80 bits per heavy atom. The Morgan fingerprint density at radius 1 is 1.50 bits per heavy atom. The molecule has 2 heterocycles. The molecule has 0 saturated heterocycles. The lowest BCUT2D eigenvalue weighted by Crippen LogP contribution is -2.21. The van der Waals surface area contributed by atoms with Gasteiger partial charge < -0.3 is 5.32 Å². The third-order valence-electron chi connectivity index (χ3n) is 2.83. The summed E-state index contributed by atoms with van der Waals surface area (Å²) >= 11 is 1.38. The maximum atomic E-state index is 11.3. The molecule has 0 atom stereocenters. The van der Waals surface area contributed by atoms with Crippen LogP contribution >= 0.6 is 11.8 Å². The van der Waals surface area contributed by atoms with Crippen molar-refractivity contribution in [2.24, 2.45) is 7.05 Å². The highest BCUT2D eigenvalue weighted by atomic mass is 32.2. The quantitative estimate of drug-likeness (QED) is 0.873. The molecule has 0 unspecified atom stereocenters. The van der Waals surface area contributed by atoms with E-state index in [4.69, 9.17) is 0 Å². The second-order valence-corrected chi connectivity index (χ2v) is 5.93. The molecule has 0 saturated carbocycles. The van der Waals surface area contributed by atoms with Gasteiger partial charge in [0.2, 0.25) is 0 Å². The summed E-state index contributed by atoms with van der Waals surface area (Å²) < 4.78 is 1.47. The van der Waals surface area contributed by atoms with E-state index in [0.29, 0.717) is 11.2 Å². The minimum atomic E-state index is -0.220. The van der Waals surface area contributed by atoms with E-state index >= 15 is 0 Å². The normalized spacial score (nSPS) is 11.2. The van der Waals surface area contributed by atoms with Crippen molar-refractivity contribution in [1.82, 2.24) is 25.1 Å². The second kappa shape index (κ2) is 6.23. The largest absolute Gasteiger partial charge is 0.343 e. The number of nitrogens with zero attached hydrogens (tertiary/aromatic N) is 3. The molecule has 0 fully saturated rings. The Hall–Kier alpha value is -1.60. The van der Waals surface area contributed by atoms with Gasteiger partial charge in [-0.3, -0.25) is 4.57 Å². The third kappa shape index (κ3) is 3.49. The fourth-order valence-corrected chi connectivity index (χ4v) is 2.47. The maximum absolute atomic E-state index is 11.3. The second-order valence-electron chi connectivity index (χ2n) is 4.97. The van der Waals surface area contributed by atoms with E-state index in [1.165, 1.54) is 16.3 Å². The predicted octanol–water partition coefficient (Wildman–Crippen LogP) is 1.46. The number of aromatic amines is 1. The van der Waals surface area contributed by atoms with Gasteiger partial charge in [-0.1, -0.05) is 19.9 Å². The first kappa shape index (κ1) is 14.8. The van der Waals surface area contributed by atoms with Crippen LogP contribution in [0, 0.1) is 6.92 Å². The highest BCUT2D eigenvalue weighted by molar-refractivity contribution is 7.99. The van der Waals surface area contributed by atoms with Gasteiger partial charge in [0.1, 0.15) is 5.03 Å². The van der Waals surface area contributed by atoms with Crippen molar-refractivity contribution in [3.8, 4) is 0 Å². The molecule has 20 heavy (non-hydrogen) atoms. The highest BCUT2D eigenvalue weighted by Crippen LogP contribution is 2.25. The molecular weight excluding hydrogens is 274 g/mol. The van der Waals surface area contributed by atoms with Crippen molar-refractivity contribution < 1.29 is 0 Å². The summed E-state index contributed by atoms with van der Waals surface area (Å²) in [4.78, 5) is 15.8. The van der Waals surface area contributed by atoms with Crippen molar-refractivity contribution in [1.29, 1.82) is 0 Å². The van der Waals surface area contributed by atoms with E-state index in [1.807, 2.05) is 13.1 Å². The molecule has 6 nitrogen and oxygen atoms in total. The third-order valence-corrected chi connectivity index (χ3v) is 4.00. The van der Waals surface area contributed by atoms with Crippen LogP contribution in [0.25, 0.3) is 0 Å². The van der Waals surface area contributed by atoms with E-state index in [2.05, 4.69) is 40.4 Å².